The summed E-state index contributed by atoms with van der Waals surface area (Å²) in [6.45, 7) is 3.65. The van der Waals surface area contributed by atoms with Crippen LogP contribution in [0.15, 0.2) is 12.1 Å². The van der Waals surface area contributed by atoms with Gasteiger partial charge in [0.25, 0.3) is 0 Å². The lowest BCUT2D eigenvalue weighted by atomic mass is 10.1. The third kappa shape index (κ3) is 2.32. The number of halogens is 2. The number of benzene rings is 1. The van der Waals surface area contributed by atoms with Gasteiger partial charge in [-0.05, 0) is 26.0 Å². The predicted molar refractivity (Wildman–Crippen MR) is 55.3 cm³/mol. The van der Waals surface area contributed by atoms with E-state index in [1.165, 1.54) is 4.90 Å². The highest BCUT2D eigenvalue weighted by atomic mass is 19.1. The first-order valence-corrected chi connectivity index (χ1v) is 4.64. The van der Waals surface area contributed by atoms with Gasteiger partial charge in [0.05, 0.1) is 0 Å². The average Bonchev–Trinajstić information content (AvgIpc) is 2.16. The Morgan fingerprint density at radius 1 is 1.27 bits per heavy atom. The SMILES string of the molecule is CC(C)N(C)c1c(F)cc(C=O)cc1F. The van der Waals surface area contributed by atoms with Gasteiger partial charge in [-0.15, -0.1) is 0 Å². The second-order valence-corrected chi connectivity index (χ2v) is 3.66. The van der Waals surface area contributed by atoms with Crippen LogP contribution in [0.2, 0.25) is 0 Å². The minimum Gasteiger partial charge on any atom is -0.367 e. The third-order valence-corrected chi connectivity index (χ3v) is 2.30. The van der Waals surface area contributed by atoms with Gasteiger partial charge in [0.2, 0.25) is 0 Å². The van der Waals surface area contributed by atoms with Crippen LogP contribution >= 0.6 is 0 Å². The fourth-order valence-electron chi connectivity index (χ4n) is 1.25. The lowest BCUT2D eigenvalue weighted by molar-refractivity contribution is 0.112. The van der Waals surface area contributed by atoms with Crippen LogP contribution in [-0.4, -0.2) is 19.4 Å². The summed E-state index contributed by atoms with van der Waals surface area (Å²) in [7, 11) is 1.60. The molecule has 4 heteroatoms. The molecule has 0 saturated carbocycles. The largest absolute Gasteiger partial charge is 0.367 e. The van der Waals surface area contributed by atoms with E-state index in [-0.39, 0.29) is 17.3 Å². The van der Waals surface area contributed by atoms with Crippen molar-refractivity contribution in [1.82, 2.24) is 0 Å². The second kappa shape index (κ2) is 4.38. The molecule has 0 amide bonds. The van der Waals surface area contributed by atoms with Crippen molar-refractivity contribution in [2.45, 2.75) is 19.9 Å². The zero-order chi connectivity index (χ0) is 11.6. The number of rotatable bonds is 3. The van der Waals surface area contributed by atoms with Crippen molar-refractivity contribution >= 4 is 12.0 Å². The van der Waals surface area contributed by atoms with Gasteiger partial charge in [0, 0.05) is 18.7 Å². The number of hydrogen-bond donors (Lipinski definition) is 0. The van der Waals surface area contributed by atoms with Crippen molar-refractivity contribution < 1.29 is 13.6 Å². The van der Waals surface area contributed by atoms with Crippen LogP contribution in [0.1, 0.15) is 24.2 Å². The molecule has 0 aliphatic heterocycles. The summed E-state index contributed by atoms with van der Waals surface area (Å²) < 4.78 is 26.9. The van der Waals surface area contributed by atoms with Gasteiger partial charge >= 0.3 is 0 Å². The Bertz CT molecular complexity index is 354. The summed E-state index contributed by atoms with van der Waals surface area (Å²) in [6.07, 6.45) is 0.422. The van der Waals surface area contributed by atoms with Crippen molar-refractivity contribution in [3.05, 3.63) is 29.3 Å². The smallest absolute Gasteiger partial charge is 0.150 e. The van der Waals surface area contributed by atoms with Crippen LogP contribution < -0.4 is 4.90 Å². The Kier molecular flexibility index (Phi) is 3.39. The molecular formula is C11H13F2NO. The summed E-state index contributed by atoms with van der Waals surface area (Å²) in [5.41, 5.74) is -0.0958. The van der Waals surface area contributed by atoms with Gasteiger partial charge in [-0.3, -0.25) is 4.79 Å². The summed E-state index contributed by atoms with van der Waals surface area (Å²) in [6, 6.07) is 2.05. The topological polar surface area (TPSA) is 20.3 Å². The van der Waals surface area contributed by atoms with Crippen molar-refractivity contribution in [3.8, 4) is 0 Å². The Balaban J connectivity index is 3.25. The van der Waals surface area contributed by atoms with Gasteiger partial charge in [-0.25, -0.2) is 8.78 Å². The molecule has 0 unspecified atom stereocenters. The maximum Gasteiger partial charge on any atom is 0.150 e. The second-order valence-electron chi connectivity index (χ2n) is 3.66. The van der Waals surface area contributed by atoms with Gasteiger partial charge in [0.1, 0.15) is 23.6 Å². The molecule has 2 nitrogen and oxygen atoms in total. The first kappa shape index (κ1) is 11.6. The lowest BCUT2D eigenvalue weighted by Gasteiger charge is -2.24. The highest BCUT2D eigenvalue weighted by molar-refractivity contribution is 5.76. The van der Waals surface area contributed by atoms with Crippen LogP contribution in [0, 0.1) is 11.6 Å². The molecular weight excluding hydrogens is 200 g/mol. The fourth-order valence-corrected chi connectivity index (χ4v) is 1.25. The molecule has 1 rings (SSSR count). The number of carbonyl (C=O) groups is 1. The number of hydrogen-bond acceptors (Lipinski definition) is 2. The molecule has 0 heterocycles. The highest BCUT2D eigenvalue weighted by Gasteiger charge is 2.16. The van der Waals surface area contributed by atoms with Gasteiger partial charge in [-0.1, -0.05) is 0 Å². The van der Waals surface area contributed by atoms with E-state index in [1.54, 1.807) is 7.05 Å². The Morgan fingerprint density at radius 3 is 2.07 bits per heavy atom. The minimum absolute atomic E-state index is 0.00547. The van der Waals surface area contributed by atoms with Crippen LogP contribution in [0.5, 0.6) is 0 Å². The third-order valence-electron chi connectivity index (χ3n) is 2.30. The van der Waals surface area contributed by atoms with E-state index in [0.29, 0.717) is 6.29 Å². The Labute approximate surface area is 87.5 Å². The molecule has 1 aromatic rings. The molecule has 0 atom stereocenters. The zero-order valence-electron chi connectivity index (χ0n) is 8.92. The average molecular weight is 213 g/mol. The predicted octanol–water partition coefficient (Wildman–Crippen LogP) is 2.62. The van der Waals surface area contributed by atoms with Crippen LogP contribution in [0.25, 0.3) is 0 Å². The number of aldehydes is 1. The van der Waals surface area contributed by atoms with E-state index in [2.05, 4.69) is 0 Å². The number of anilines is 1. The first-order chi connectivity index (χ1) is 6.97. The lowest BCUT2D eigenvalue weighted by Crippen LogP contribution is -2.27. The van der Waals surface area contributed by atoms with E-state index in [4.69, 9.17) is 0 Å². The Morgan fingerprint density at radius 2 is 1.73 bits per heavy atom. The summed E-state index contributed by atoms with van der Waals surface area (Å²) in [4.78, 5) is 11.9. The van der Waals surface area contributed by atoms with Crippen LogP contribution in [0.3, 0.4) is 0 Å². The molecule has 0 spiro atoms. The fraction of sp³-hybridized carbons (Fsp3) is 0.364. The molecule has 1 aromatic carbocycles. The molecule has 0 N–H and O–H groups in total. The number of carbonyl (C=O) groups excluding carboxylic acids is 1. The molecule has 82 valence electrons. The summed E-state index contributed by atoms with van der Waals surface area (Å²) in [5.74, 6) is -1.43. The van der Waals surface area contributed by atoms with Crippen molar-refractivity contribution in [3.63, 3.8) is 0 Å². The van der Waals surface area contributed by atoms with Crippen LogP contribution in [-0.2, 0) is 0 Å². The minimum atomic E-state index is -0.715. The normalized spacial score (nSPS) is 10.5. The molecule has 0 aliphatic rings. The van der Waals surface area contributed by atoms with Crippen molar-refractivity contribution in [1.29, 1.82) is 0 Å². The van der Waals surface area contributed by atoms with Crippen molar-refractivity contribution in [2.24, 2.45) is 0 Å². The van der Waals surface area contributed by atoms with Gasteiger partial charge < -0.3 is 4.90 Å². The maximum atomic E-state index is 13.5. The quantitative estimate of drug-likeness (QED) is 0.719. The van der Waals surface area contributed by atoms with E-state index in [0.717, 1.165) is 12.1 Å². The van der Waals surface area contributed by atoms with E-state index in [1.807, 2.05) is 13.8 Å². The molecule has 0 aromatic heterocycles. The molecule has 0 aliphatic carbocycles. The zero-order valence-corrected chi connectivity index (χ0v) is 8.92. The van der Waals surface area contributed by atoms with Crippen molar-refractivity contribution in [2.75, 3.05) is 11.9 Å². The molecule has 0 fully saturated rings. The van der Waals surface area contributed by atoms with E-state index < -0.39 is 11.6 Å². The highest BCUT2D eigenvalue weighted by Crippen LogP contribution is 2.24. The molecule has 0 radical (unpaired) electrons. The molecule has 0 bridgehead atoms. The molecule has 15 heavy (non-hydrogen) atoms. The van der Waals surface area contributed by atoms with E-state index >= 15 is 0 Å². The first-order valence-electron chi connectivity index (χ1n) is 4.64. The Hall–Kier alpha value is -1.45. The standard InChI is InChI=1S/C11H13F2NO/c1-7(2)14(3)11-9(12)4-8(6-15)5-10(11)13/h4-7H,1-3H3. The van der Waals surface area contributed by atoms with Gasteiger partial charge in [0.15, 0.2) is 0 Å². The maximum absolute atomic E-state index is 13.5. The van der Waals surface area contributed by atoms with Crippen LogP contribution in [0.4, 0.5) is 14.5 Å². The summed E-state index contributed by atoms with van der Waals surface area (Å²) in [5, 5.41) is 0. The molecule has 0 saturated heterocycles. The summed E-state index contributed by atoms with van der Waals surface area (Å²) >= 11 is 0. The monoisotopic (exact) mass is 213 g/mol. The number of nitrogens with zero attached hydrogens (tertiary/aromatic N) is 1. The van der Waals surface area contributed by atoms with Gasteiger partial charge in [-0.2, -0.15) is 0 Å². The van der Waals surface area contributed by atoms with E-state index in [9.17, 15) is 13.6 Å².